The molecule has 0 aromatic heterocycles. The van der Waals surface area contributed by atoms with Crippen molar-refractivity contribution in [1.82, 2.24) is 4.90 Å². The van der Waals surface area contributed by atoms with Crippen LogP contribution in [-0.4, -0.2) is 43.5 Å². The third-order valence-electron chi connectivity index (χ3n) is 2.89. The maximum absolute atomic E-state index is 12.1. The van der Waals surface area contributed by atoms with E-state index in [1.807, 2.05) is 6.07 Å². The molecule has 0 radical (unpaired) electrons. The first-order chi connectivity index (χ1) is 10.1. The number of anilines is 1. The molecule has 0 bridgehead atoms. The summed E-state index contributed by atoms with van der Waals surface area (Å²) in [6.45, 7) is 2.65. The second kappa shape index (κ2) is 8.72. The zero-order chi connectivity index (χ0) is 15.7. The highest BCUT2D eigenvalue weighted by molar-refractivity contribution is 5.95. The molecule has 1 rings (SSSR count). The van der Waals surface area contributed by atoms with Crippen LogP contribution in [0.15, 0.2) is 24.3 Å². The molecule has 0 unspecified atom stereocenters. The van der Waals surface area contributed by atoms with Gasteiger partial charge in [0.15, 0.2) is 5.78 Å². The van der Waals surface area contributed by atoms with Crippen molar-refractivity contribution in [2.45, 2.75) is 13.3 Å². The number of carbonyl (C=O) groups excluding carboxylic acids is 2. The average Bonchev–Trinajstić information content (AvgIpc) is 2.47. The van der Waals surface area contributed by atoms with Gasteiger partial charge in [-0.1, -0.05) is 0 Å². The lowest BCUT2D eigenvalue weighted by molar-refractivity contribution is 0.101. The van der Waals surface area contributed by atoms with Gasteiger partial charge in [-0.15, -0.1) is 0 Å². The topological polar surface area (TPSA) is 82.4 Å². The lowest BCUT2D eigenvalue weighted by Gasteiger charge is -2.21. The van der Waals surface area contributed by atoms with E-state index in [1.165, 1.54) is 11.8 Å². The van der Waals surface area contributed by atoms with Crippen LogP contribution in [0.2, 0.25) is 0 Å². The minimum atomic E-state index is -0.294. The fraction of sp³-hybridized carbons (Fsp3) is 0.400. The van der Waals surface area contributed by atoms with Crippen LogP contribution in [0.3, 0.4) is 0 Å². The largest absolute Gasteiger partial charge is 0.383 e. The summed E-state index contributed by atoms with van der Waals surface area (Å²) >= 11 is 0. The third kappa shape index (κ3) is 5.63. The number of ether oxygens (including phenoxy) is 1. The highest BCUT2D eigenvalue weighted by Gasteiger charge is 2.13. The molecule has 0 spiro atoms. The van der Waals surface area contributed by atoms with Crippen LogP contribution in [0.25, 0.3) is 0 Å². The molecule has 0 fully saturated rings. The molecule has 21 heavy (non-hydrogen) atoms. The number of methoxy groups -OCH3 is 1. The van der Waals surface area contributed by atoms with Gasteiger partial charge in [-0.05, 0) is 31.2 Å². The molecule has 6 heteroatoms. The summed E-state index contributed by atoms with van der Waals surface area (Å²) < 4.78 is 4.95. The van der Waals surface area contributed by atoms with Crippen LogP contribution in [0.4, 0.5) is 10.5 Å². The Balaban J connectivity index is 2.66. The molecule has 2 amide bonds. The van der Waals surface area contributed by atoms with E-state index >= 15 is 0 Å². The molecule has 1 aromatic carbocycles. The van der Waals surface area contributed by atoms with E-state index in [-0.39, 0.29) is 18.2 Å². The number of nitrogens with one attached hydrogen (secondary N) is 1. The zero-order valence-corrected chi connectivity index (χ0v) is 12.3. The van der Waals surface area contributed by atoms with Gasteiger partial charge in [0, 0.05) is 31.5 Å². The monoisotopic (exact) mass is 289 g/mol. The molecule has 1 aromatic rings. The van der Waals surface area contributed by atoms with Gasteiger partial charge in [0.2, 0.25) is 0 Å². The average molecular weight is 289 g/mol. The van der Waals surface area contributed by atoms with E-state index in [9.17, 15) is 9.59 Å². The van der Waals surface area contributed by atoms with Gasteiger partial charge in [0.1, 0.15) is 0 Å². The van der Waals surface area contributed by atoms with E-state index in [0.29, 0.717) is 30.9 Å². The SMILES string of the molecule is COCCN(CCC#N)C(=O)Nc1ccc(C(C)=O)cc1. The number of amides is 2. The van der Waals surface area contributed by atoms with Crippen molar-refractivity contribution in [2.75, 3.05) is 32.1 Å². The molecule has 1 N–H and O–H groups in total. The Bertz CT molecular complexity index is 520. The van der Waals surface area contributed by atoms with Crippen molar-refractivity contribution < 1.29 is 14.3 Å². The number of hydrogen-bond donors (Lipinski definition) is 1. The Morgan fingerprint density at radius 2 is 1.95 bits per heavy atom. The number of ketones is 1. The van der Waals surface area contributed by atoms with E-state index in [0.717, 1.165) is 0 Å². The summed E-state index contributed by atoms with van der Waals surface area (Å²) in [7, 11) is 1.56. The van der Waals surface area contributed by atoms with E-state index in [1.54, 1.807) is 31.4 Å². The molecule has 0 atom stereocenters. The van der Waals surface area contributed by atoms with Crippen LogP contribution in [0, 0.1) is 11.3 Å². The van der Waals surface area contributed by atoms with Crippen molar-refractivity contribution in [3.8, 4) is 6.07 Å². The smallest absolute Gasteiger partial charge is 0.321 e. The molecular formula is C15H19N3O3. The number of carbonyl (C=O) groups is 2. The van der Waals surface area contributed by atoms with Gasteiger partial charge < -0.3 is 15.0 Å². The zero-order valence-electron chi connectivity index (χ0n) is 12.3. The molecule has 0 aliphatic carbocycles. The van der Waals surface area contributed by atoms with Gasteiger partial charge in [-0.25, -0.2) is 4.79 Å². The Kier molecular flexibility index (Phi) is 6.92. The summed E-state index contributed by atoms with van der Waals surface area (Å²) in [4.78, 5) is 24.8. The van der Waals surface area contributed by atoms with Crippen LogP contribution < -0.4 is 5.32 Å². The fourth-order valence-electron chi connectivity index (χ4n) is 1.69. The lowest BCUT2D eigenvalue weighted by Crippen LogP contribution is -2.38. The van der Waals surface area contributed by atoms with Gasteiger partial charge in [0.25, 0.3) is 0 Å². The molecule has 112 valence electrons. The number of urea groups is 1. The third-order valence-corrected chi connectivity index (χ3v) is 2.89. The number of Topliss-reactive ketones (excluding diaryl/α,β-unsaturated/α-hetero) is 1. The number of nitriles is 1. The van der Waals surface area contributed by atoms with Crippen molar-refractivity contribution in [3.05, 3.63) is 29.8 Å². The van der Waals surface area contributed by atoms with Gasteiger partial charge in [0.05, 0.1) is 19.1 Å². The first kappa shape index (κ1) is 16.7. The number of nitrogens with zero attached hydrogens (tertiary/aromatic N) is 2. The second-order valence-corrected chi connectivity index (χ2v) is 4.45. The normalized spacial score (nSPS) is 9.76. The van der Waals surface area contributed by atoms with Crippen LogP contribution in [0.1, 0.15) is 23.7 Å². The minimum Gasteiger partial charge on any atom is -0.383 e. The lowest BCUT2D eigenvalue weighted by atomic mass is 10.1. The van der Waals surface area contributed by atoms with E-state index in [2.05, 4.69) is 5.32 Å². The van der Waals surface area contributed by atoms with Crippen LogP contribution in [0.5, 0.6) is 0 Å². The highest BCUT2D eigenvalue weighted by atomic mass is 16.5. The molecular weight excluding hydrogens is 270 g/mol. The highest BCUT2D eigenvalue weighted by Crippen LogP contribution is 2.11. The Morgan fingerprint density at radius 1 is 1.29 bits per heavy atom. The fourth-order valence-corrected chi connectivity index (χ4v) is 1.69. The van der Waals surface area contributed by atoms with E-state index in [4.69, 9.17) is 10.00 Å². The Labute approximate surface area is 124 Å². The molecule has 0 saturated carbocycles. The van der Waals surface area contributed by atoms with Crippen molar-refractivity contribution in [1.29, 1.82) is 5.26 Å². The predicted molar refractivity (Wildman–Crippen MR) is 79.1 cm³/mol. The van der Waals surface area contributed by atoms with Crippen molar-refractivity contribution in [3.63, 3.8) is 0 Å². The predicted octanol–water partition coefficient (Wildman–Crippen LogP) is 2.28. The summed E-state index contributed by atoms with van der Waals surface area (Å²) in [6, 6.07) is 8.39. The molecule has 0 aliphatic heterocycles. The molecule has 0 heterocycles. The molecule has 0 aliphatic rings. The number of rotatable bonds is 7. The number of benzene rings is 1. The summed E-state index contributed by atoms with van der Waals surface area (Å²) in [6.07, 6.45) is 0.264. The van der Waals surface area contributed by atoms with Gasteiger partial charge >= 0.3 is 6.03 Å². The Hall–Kier alpha value is -2.39. The van der Waals surface area contributed by atoms with Crippen molar-refractivity contribution >= 4 is 17.5 Å². The summed E-state index contributed by atoms with van der Waals surface area (Å²) in [5, 5.41) is 11.4. The molecule has 0 saturated heterocycles. The van der Waals surface area contributed by atoms with Crippen LogP contribution in [-0.2, 0) is 4.74 Å². The standard InChI is InChI=1S/C15H19N3O3/c1-12(19)13-4-6-14(7-5-13)17-15(20)18(9-3-8-16)10-11-21-2/h4-7H,3,9-11H2,1-2H3,(H,17,20). The maximum atomic E-state index is 12.1. The molecule has 6 nitrogen and oxygen atoms in total. The minimum absolute atomic E-state index is 0.0244. The summed E-state index contributed by atoms with van der Waals surface area (Å²) in [5.41, 5.74) is 1.19. The maximum Gasteiger partial charge on any atom is 0.321 e. The van der Waals surface area contributed by atoms with Crippen molar-refractivity contribution in [2.24, 2.45) is 0 Å². The Morgan fingerprint density at radius 3 is 2.48 bits per heavy atom. The first-order valence-corrected chi connectivity index (χ1v) is 6.61. The van der Waals surface area contributed by atoms with Gasteiger partial charge in [-0.3, -0.25) is 4.79 Å². The second-order valence-electron chi connectivity index (χ2n) is 4.45. The van der Waals surface area contributed by atoms with E-state index < -0.39 is 0 Å². The first-order valence-electron chi connectivity index (χ1n) is 6.61. The summed E-state index contributed by atoms with van der Waals surface area (Å²) in [5.74, 6) is -0.0244. The van der Waals surface area contributed by atoms with Gasteiger partial charge in [-0.2, -0.15) is 5.26 Å². The quantitative estimate of drug-likeness (QED) is 0.781. The van der Waals surface area contributed by atoms with Crippen LogP contribution >= 0.6 is 0 Å². The number of hydrogen-bond acceptors (Lipinski definition) is 4.